The molecule has 0 spiro atoms. The standard InChI is InChI=1S/C19H21N.C2H6.CH4/c1-14-8-10-15(11-9-14)18-13-20-12-4-7-19(20)17-6-3-2-5-16(17)18;1-2;/h2-3,5-6,8-11,18-19H,4,7,12-13H2,1H3;1-2H3;1H4. The van der Waals surface area contributed by atoms with E-state index in [1.165, 1.54) is 37.1 Å². The Kier molecular flexibility index (Phi) is 6.01. The van der Waals surface area contributed by atoms with Crippen LogP contribution in [0.5, 0.6) is 0 Å². The summed E-state index contributed by atoms with van der Waals surface area (Å²) < 4.78 is 0. The lowest BCUT2D eigenvalue weighted by atomic mass is 9.81. The molecule has 0 bridgehead atoms. The third kappa shape index (κ3) is 3.35. The van der Waals surface area contributed by atoms with Gasteiger partial charge < -0.3 is 0 Å². The molecule has 124 valence electrons. The number of aryl methyl sites for hydroxylation is 1. The van der Waals surface area contributed by atoms with Gasteiger partial charge >= 0.3 is 0 Å². The molecule has 0 saturated carbocycles. The predicted octanol–water partition coefficient (Wildman–Crippen LogP) is 5.94. The summed E-state index contributed by atoms with van der Waals surface area (Å²) in [7, 11) is 0. The van der Waals surface area contributed by atoms with Crippen LogP contribution in [0.25, 0.3) is 0 Å². The highest BCUT2D eigenvalue weighted by molar-refractivity contribution is 5.43. The normalized spacial score (nSPS) is 22.2. The topological polar surface area (TPSA) is 3.24 Å². The van der Waals surface area contributed by atoms with E-state index in [4.69, 9.17) is 0 Å². The number of fused-ring (bicyclic) bond motifs is 3. The molecular weight excluding hydrogens is 278 g/mol. The highest BCUT2D eigenvalue weighted by Crippen LogP contribution is 2.43. The summed E-state index contributed by atoms with van der Waals surface area (Å²) in [5, 5.41) is 0. The molecule has 2 atom stereocenters. The Bertz CT molecular complexity index is 614. The first kappa shape index (κ1) is 17.7. The average Bonchev–Trinajstić information content (AvgIpc) is 3.06. The van der Waals surface area contributed by atoms with Crippen molar-refractivity contribution in [2.45, 2.75) is 53.0 Å². The molecule has 23 heavy (non-hydrogen) atoms. The molecular formula is C22H31N. The molecule has 0 aromatic heterocycles. The van der Waals surface area contributed by atoms with Crippen LogP contribution in [0.1, 0.15) is 68.3 Å². The number of rotatable bonds is 1. The first-order chi connectivity index (χ1) is 10.8. The largest absolute Gasteiger partial charge is 0.295 e. The summed E-state index contributed by atoms with van der Waals surface area (Å²) in [5.41, 5.74) is 5.94. The molecule has 0 radical (unpaired) electrons. The van der Waals surface area contributed by atoms with Crippen molar-refractivity contribution in [3.63, 3.8) is 0 Å². The number of hydrogen-bond acceptors (Lipinski definition) is 1. The molecule has 1 heteroatoms. The van der Waals surface area contributed by atoms with Gasteiger partial charge in [-0.1, -0.05) is 75.4 Å². The van der Waals surface area contributed by atoms with Crippen LogP contribution in [0.15, 0.2) is 48.5 Å². The molecule has 0 N–H and O–H groups in total. The second-order valence-electron chi connectivity index (χ2n) is 6.25. The van der Waals surface area contributed by atoms with Gasteiger partial charge in [0.15, 0.2) is 0 Å². The highest BCUT2D eigenvalue weighted by atomic mass is 15.2. The van der Waals surface area contributed by atoms with Gasteiger partial charge in [0.2, 0.25) is 0 Å². The summed E-state index contributed by atoms with van der Waals surface area (Å²) in [6, 6.07) is 18.9. The first-order valence-electron chi connectivity index (χ1n) is 8.72. The smallest absolute Gasteiger partial charge is 0.0351 e. The molecule has 2 aliphatic heterocycles. The van der Waals surface area contributed by atoms with Gasteiger partial charge in [0.25, 0.3) is 0 Å². The van der Waals surface area contributed by atoms with Crippen molar-refractivity contribution in [2.24, 2.45) is 0 Å². The summed E-state index contributed by atoms with van der Waals surface area (Å²) in [5.74, 6) is 0.543. The molecule has 1 nitrogen and oxygen atoms in total. The molecule has 2 aromatic rings. The summed E-state index contributed by atoms with van der Waals surface area (Å²) in [6.07, 6.45) is 2.68. The molecule has 0 amide bonds. The Morgan fingerprint density at radius 2 is 1.57 bits per heavy atom. The zero-order valence-corrected chi connectivity index (χ0v) is 14.0. The quantitative estimate of drug-likeness (QED) is 0.630. The van der Waals surface area contributed by atoms with E-state index in [2.05, 4.69) is 60.4 Å². The Labute approximate surface area is 142 Å². The van der Waals surface area contributed by atoms with Crippen molar-refractivity contribution in [3.05, 3.63) is 70.8 Å². The van der Waals surface area contributed by atoms with E-state index in [1.807, 2.05) is 13.8 Å². The van der Waals surface area contributed by atoms with Gasteiger partial charge in [-0.3, -0.25) is 4.90 Å². The molecule has 0 aliphatic carbocycles. The van der Waals surface area contributed by atoms with Gasteiger partial charge in [0, 0.05) is 18.5 Å². The van der Waals surface area contributed by atoms with E-state index < -0.39 is 0 Å². The zero-order valence-electron chi connectivity index (χ0n) is 14.0. The third-order valence-electron chi connectivity index (χ3n) is 4.99. The second-order valence-corrected chi connectivity index (χ2v) is 6.25. The molecule has 2 aromatic carbocycles. The number of nitrogens with zero attached hydrogens (tertiary/aromatic N) is 1. The lowest BCUT2D eigenvalue weighted by Crippen LogP contribution is -2.34. The van der Waals surface area contributed by atoms with Gasteiger partial charge in [-0.25, -0.2) is 0 Å². The Hall–Kier alpha value is -1.60. The SMILES string of the molecule is C.CC.Cc1ccc(C2CN3CCCC3c3ccccc32)cc1. The van der Waals surface area contributed by atoms with E-state index >= 15 is 0 Å². The molecule has 1 saturated heterocycles. The van der Waals surface area contributed by atoms with Crippen molar-refractivity contribution < 1.29 is 0 Å². The van der Waals surface area contributed by atoms with Crippen LogP contribution in [0.3, 0.4) is 0 Å². The van der Waals surface area contributed by atoms with Crippen molar-refractivity contribution >= 4 is 0 Å². The van der Waals surface area contributed by atoms with Crippen molar-refractivity contribution in [1.29, 1.82) is 0 Å². The maximum absolute atomic E-state index is 2.69. The maximum Gasteiger partial charge on any atom is 0.0351 e. The van der Waals surface area contributed by atoms with Gasteiger partial charge in [0.1, 0.15) is 0 Å². The van der Waals surface area contributed by atoms with E-state index in [0.29, 0.717) is 12.0 Å². The van der Waals surface area contributed by atoms with E-state index in [9.17, 15) is 0 Å². The highest BCUT2D eigenvalue weighted by Gasteiger charge is 2.35. The van der Waals surface area contributed by atoms with Gasteiger partial charge in [-0.05, 0) is 43.0 Å². The van der Waals surface area contributed by atoms with Crippen LogP contribution in [-0.2, 0) is 0 Å². The van der Waals surface area contributed by atoms with Crippen molar-refractivity contribution in [1.82, 2.24) is 4.90 Å². The van der Waals surface area contributed by atoms with Crippen LogP contribution in [0.2, 0.25) is 0 Å². The molecule has 2 heterocycles. The third-order valence-corrected chi connectivity index (χ3v) is 4.99. The van der Waals surface area contributed by atoms with E-state index in [0.717, 1.165) is 0 Å². The Morgan fingerprint density at radius 3 is 2.26 bits per heavy atom. The predicted molar refractivity (Wildman–Crippen MR) is 101 cm³/mol. The Morgan fingerprint density at radius 1 is 0.913 bits per heavy atom. The summed E-state index contributed by atoms with van der Waals surface area (Å²) >= 11 is 0. The molecule has 1 fully saturated rings. The molecule has 2 aliphatic rings. The zero-order chi connectivity index (χ0) is 15.5. The minimum Gasteiger partial charge on any atom is -0.295 e. The van der Waals surface area contributed by atoms with Crippen LogP contribution >= 0.6 is 0 Å². The summed E-state index contributed by atoms with van der Waals surface area (Å²) in [6.45, 7) is 8.61. The van der Waals surface area contributed by atoms with Gasteiger partial charge in [-0.15, -0.1) is 0 Å². The number of hydrogen-bond donors (Lipinski definition) is 0. The van der Waals surface area contributed by atoms with Crippen molar-refractivity contribution in [3.8, 4) is 0 Å². The van der Waals surface area contributed by atoms with Crippen LogP contribution < -0.4 is 0 Å². The lowest BCUT2D eigenvalue weighted by molar-refractivity contribution is 0.230. The molecule has 2 unspecified atom stereocenters. The van der Waals surface area contributed by atoms with Crippen molar-refractivity contribution in [2.75, 3.05) is 13.1 Å². The second kappa shape index (κ2) is 7.79. The average molecular weight is 309 g/mol. The lowest BCUT2D eigenvalue weighted by Gasteiger charge is -2.37. The fourth-order valence-electron chi connectivity index (χ4n) is 3.95. The minimum atomic E-state index is 0. The fourth-order valence-corrected chi connectivity index (χ4v) is 3.95. The number of benzene rings is 2. The minimum absolute atomic E-state index is 0. The maximum atomic E-state index is 2.69. The van der Waals surface area contributed by atoms with Crippen LogP contribution in [-0.4, -0.2) is 18.0 Å². The van der Waals surface area contributed by atoms with E-state index in [1.54, 1.807) is 11.1 Å². The van der Waals surface area contributed by atoms with Crippen LogP contribution in [0, 0.1) is 6.92 Å². The Balaban J connectivity index is 0.000000617. The van der Waals surface area contributed by atoms with Gasteiger partial charge in [-0.2, -0.15) is 0 Å². The van der Waals surface area contributed by atoms with E-state index in [-0.39, 0.29) is 7.43 Å². The van der Waals surface area contributed by atoms with Crippen LogP contribution in [0.4, 0.5) is 0 Å². The molecule has 4 rings (SSSR count). The fraction of sp³-hybridized carbons (Fsp3) is 0.455. The van der Waals surface area contributed by atoms with Gasteiger partial charge in [0.05, 0.1) is 0 Å². The summed E-state index contributed by atoms with van der Waals surface area (Å²) in [4.78, 5) is 2.69. The first-order valence-corrected chi connectivity index (χ1v) is 8.72. The monoisotopic (exact) mass is 309 g/mol.